The summed E-state index contributed by atoms with van der Waals surface area (Å²) in [4.78, 5) is 15.8. The van der Waals surface area contributed by atoms with E-state index in [0.717, 1.165) is 5.03 Å². The zero-order chi connectivity index (χ0) is 14.7. The summed E-state index contributed by atoms with van der Waals surface area (Å²) >= 11 is 1.37. The Balaban J connectivity index is 1.90. The first-order chi connectivity index (χ1) is 10.2. The average Bonchev–Trinajstić information content (AvgIpc) is 2.87. The fourth-order valence-electron chi connectivity index (χ4n) is 1.98. The highest BCUT2D eigenvalue weighted by Gasteiger charge is 2.21. The number of hydrogen-bond acceptors (Lipinski definition) is 3. The summed E-state index contributed by atoms with van der Waals surface area (Å²) in [5.74, 6) is -0.602. The lowest BCUT2D eigenvalue weighted by Gasteiger charge is -2.07. The lowest BCUT2D eigenvalue weighted by molar-refractivity contribution is -0.115. The second-order valence-electron chi connectivity index (χ2n) is 4.34. The van der Waals surface area contributed by atoms with Gasteiger partial charge in [0.1, 0.15) is 10.8 Å². The maximum absolute atomic E-state index is 13.9. The van der Waals surface area contributed by atoms with E-state index in [1.54, 1.807) is 29.8 Å². The number of thioether (sulfide) groups is 1. The molecule has 2 heterocycles. The van der Waals surface area contributed by atoms with Crippen molar-refractivity contribution in [2.75, 3.05) is 0 Å². The molecule has 1 amide bonds. The minimum atomic E-state index is -0.353. The standard InChI is InChI=1S/C16H11FN2OS/c17-13-6-2-1-5-11(13)12-9-15(20)19-14(12)10-21-16-7-3-4-8-18-16/h1-10H,(H,19,20)/b14-10-. The maximum Gasteiger partial charge on any atom is 0.249 e. The molecular weight excluding hydrogens is 287 g/mol. The number of hydrogen-bond donors (Lipinski definition) is 1. The highest BCUT2D eigenvalue weighted by Crippen LogP contribution is 2.30. The van der Waals surface area contributed by atoms with Crippen LogP contribution in [0.25, 0.3) is 5.57 Å². The summed E-state index contributed by atoms with van der Waals surface area (Å²) in [6.45, 7) is 0. The van der Waals surface area contributed by atoms with E-state index in [0.29, 0.717) is 16.8 Å². The highest BCUT2D eigenvalue weighted by atomic mass is 32.2. The second kappa shape index (κ2) is 5.93. The molecule has 3 rings (SSSR count). The van der Waals surface area contributed by atoms with Crippen LogP contribution in [-0.2, 0) is 4.79 Å². The lowest BCUT2D eigenvalue weighted by atomic mass is 10.0. The third-order valence-corrected chi connectivity index (χ3v) is 3.76. The molecule has 0 spiro atoms. The number of benzene rings is 1. The number of halogens is 1. The van der Waals surface area contributed by atoms with Crippen molar-refractivity contribution in [1.29, 1.82) is 0 Å². The van der Waals surface area contributed by atoms with Crippen LogP contribution in [0.2, 0.25) is 0 Å². The quantitative estimate of drug-likeness (QED) is 0.883. The highest BCUT2D eigenvalue weighted by molar-refractivity contribution is 8.02. The van der Waals surface area contributed by atoms with E-state index in [1.165, 1.54) is 23.9 Å². The molecule has 1 aromatic carbocycles. The molecule has 0 saturated heterocycles. The maximum atomic E-state index is 13.9. The third-order valence-electron chi connectivity index (χ3n) is 2.92. The van der Waals surface area contributed by atoms with Gasteiger partial charge in [-0.2, -0.15) is 0 Å². The molecule has 1 aliphatic heterocycles. The summed E-state index contributed by atoms with van der Waals surface area (Å²) in [6, 6.07) is 12.0. The molecule has 1 aliphatic rings. The SMILES string of the molecule is O=C1C=C(c2ccccc2F)/C(=C/Sc2ccccn2)N1. The Morgan fingerprint density at radius 2 is 1.95 bits per heavy atom. The number of nitrogens with zero attached hydrogens (tertiary/aromatic N) is 1. The number of aromatic nitrogens is 1. The molecule has 0 bridgehead atoms. The monoisotopic (exact) mass is 298 g/mol. The molecule has 0 unspecified atom stereocenters. The molecule has 1 N–H and O–H groups in total. The number of rotatable bonds is 3. The molecule has 104 valence electrons. The Morgan fingerprint density at radius 1 is 1.14 bits per heavy atom. The van der Waals surface area contributed by atoms with Crippen molar-refractivity contribution in [3.05, 3.63) is 77.2 Å². The van der Waals surface area contributed by atoms with Crippen LogP contribution in [0.1, 0.15) is 5.56 Å². The van der Waals surface area contributed by atoms with Crippen LogP contribution >= 0.6 is 11.8 Å². The van der Waals surface area contributed by atoms with E-state index in [2.05, 4.69) is 10.3 Å². The van der Waals surface area contributed by atoms with Gasteiger partial charge in [-0.1, -0.05) is 36.0 Å². The Kier molecular flexibility index (Phi) is 3.83. The minimum Gasteiger partial charge on any atom is -0.321 e. The van der Waals surface area contributed by atoms with Crippen LogP contribution in [0.5, 0.6) is 0 Å². The van der Waals surface area contributed by atoms with Gasteiger partial charge in [0.15, 0.2) is 0 Å². The molecule has 0 radical (unpaired) electrons. The van der Waals surface area contributed by atoms with Gasteiger partial charge in [0.05, 0.1) is 5.70 Å². The van der Waals surface area contributed by atoms with Gasteiger partial charge in [-0.05, 0) is 18.2 Å². The van der Waals surface area contributed by atoms with E-state index in [9.17, 15) is 9.18 Å². The molecule has 0 fully saturated rings. The molecule has 1 aromatic heterocycles. The van der Waals surface area contributed by atoms with Gasteiger partial charge >= 0.3 is 0 Å². The first kappa shape index (κ1) is 13.6. The van der Waals surface area contributed by atoms with E-state index in [-0.39, 0.29) is 11.7 Å². The largest absolute Gasteiger partial charge is 0.321 e. The zero-order valence-corrected chi connectivity index (χ0v) is 11.7. The predicted octanol–water partition coefficient (Wildman–Crippen LogP) is 3.37. The topological polar surface area (TPSA) is 42.0 Å². The zero-order valence-electron chi connectivity index (χ0n) is 10.9. The number of carbonyl (C=O) groups is 1. The van der Waals surface area contributed by atoms with E-state index >= 15 is 0 Å². The summed E-state index contributed by atoms with van der Waals surface area (Å²) in [6.07, 6.45) is 3.10. The average molecular weight is 298 g/mol. The Bertz CT molecular complexity index is 741. The van der Waals surface area contributed by atoms with Crippen molar-refractivity contribution in [1.82, 2.24) is 10.3 Å². The van der Waals surface area contributed by atoms with Crippen LogP contribution in [-0.4, -0.2) is 10.9 Å². The van der Waals surface area contributed by atoms with Gasteiger partial charge in [-0.25, -0.2) is 9.37 Å². The van der Waals surface area contributed by atoms with Crippen LogP contribution in [0, 0.1) is 5.82 Å². The van der Waals surface area contributed by atoms with Crippen LogP contribution in [0.3, 0.4) is 0 Å². The van der Waals surface area contributed by atoms with Gasteiger partial charge in [-0.15, -0.1) is 0 Å². The van der Waals surface area contributed by atoms with E-state index < -0.39 is 0 Å². The van der Waals surface area contributed by atoms with Gasteiger partial charge in [0, 0.05) is 28.8 Å². The Labute approximate surface area is 125 Å². The van der Waals surface area contributed by atoms with Crippen molar-refractivity contribution >= 4 is 23.2 Å². The van der Waals surface area contributed by atoms with Gasteiger partial charge < -0.3 is 5.32 Å². The molecule has 5 heteroatoms. The Morgan fingerprint density at radius 3 is 2.71 bits per heavy atom. The smallest absolute Gasteiger partial charge is 0.249 e. The second-order valence-corrected chi connectivity index (χ2v) is 5.23. The molecule has 0 aliphatic carbocycles. The van der Waals surface area contributed by atoms with Gasteiger partial charge in [-0.3, -0.25) is 4.79 Å². The Hall–Kier alpha value is -2.40. The summed E-state index contributed by atoms with van der Waals surface area (Å²) in [5, 5.41) is 5.29. The van der Waals surface area contributed by atoms with Crippen molar-refractivity contribution < 1.29 is 9.18 Å². The van der Waals surface area contributed by atoms with Gasteiger partial charge in [0.2, 0.25) is 5.91 Å². The molecule has 21 heavy (non-hydrogen) atoms. The first-order valence-corrected chi connectivity index (χ1v) is 7.18. The number of nitrogens with one attached hydrogen (secondary N) is 1. The fraction of sp³-hybridized carbons (Fsp3) is 0. The molecule has 0 saturated carbocycles. The number of pyridine rings is 1. The molecule has 2 aromatic rings. The number of carbonyl (C=O) groups excluding carboxylic acids is 1. The van der Waals surface area contributed by atoms with Crippen molar-refractivity contribution in [3.8, 4) is 0 Å². The van der Waals surface area contributed by atoms with Crippen molar-refractivity contribution in [3.63, 3.8) is 0 Å². The molecule has 0 atom stereocenters. The first-order valence-electron chi connectivity index (χ1n) is 6.30. The van der Waals surface area contributed by atoms with E-state index in [4.69, 9.17) is 0 Å². The van der Waals surface area contributed by atoms with Gasteiger partial charge in [0.25, 0.3) is 0 Å². The van der Waals surface area contributed by atoms with Crippen LogP contribution in [0.4, 0.5) is 4.39 Å². The summed E-state index contributed by atoms with van der Waals surface area (Å²) in [7, 11) is 0. The van der Waals surface area contributed by atoms with Crippen molar-refractivity contribution in [2.45, 2.75) is 5.03 Å². The minimum absolute atomic E-state index is 0.249. The summed E-state index contributed by atoms with van der Waals surface area (Å²) < 4.78 is 13.9. The fourth-order valence-corrected chi connectivity index (χ4v) is 2.68. The lowest BCUT2D eigenvalue weighted by Crippen LogP contribution is -2.13. The van der Waals surface area contributed by atoms with E-state index in [1.807, 2.05) is 18.2 Å². The number of amides is 1. The normalized spacial score (nSPS) is 16.0. The summed E-state index contributed by atoms with van der Waals surface area (Å²) in [5.41, 5.74) is 1.55. The van der Waals surface area contributed by atoms with Crippen LogP contribution < -0.4 is 5.32 Å². The number of allylic oxidation sites excluding steroid dienone is 1. The predicted molar refractivity (Wildman–Crippen MR) is 80.7 cm³/mol. The molecular formula is C16H11FN2OS. The van der Waals surface area contributed by atoms with Crippen molar-refractivity contribution in [2.24, 2.45) is 0 Å². The van der Waals surface area contributed by atoms with Crippen LogP contribution in [0.15, 0.2) is 70.9 Å². The molecule has 3 nitrogen and oxygen atoms in total. The third kappa shape index (κ3) is 3.03.